The maximum atomic E-state index is 11.7. The number of phenolic OH excluding ortho intramolecular Hbond substituents is 1. The van der Waals surface area contributed by atoms with Crippen molar-refractivity contribution in [3.05, 3.63) is 23.8 Å². The van der Waals surface area contributed by atoms with Gasteiger partial charge in [0.2, 0.25) is 0 Å². The Labute approximate surface area is 94.2 Å². The molecule has 0 spiro atoms. The Balaban J connectivity index is 2.07. The molecule has 1 amide bonds. The monoisotopic (exact) mass is 221 g/mol. The molecule has 4 nitrogen and oxygen atoms in total. The first-order valence-corrected chi connectivity index (χ1v) is 5.36. The fourth-order valence-corrected chi connectivity index (χ4v) is 1.48. The number of rotatable bonds is 4. The molecule has 0 saturated heterocycles. The maximum Gasteiger partial charge on any atom is 0.255 e. The SMILES string of the molecule is COc1ccc(O)c(C(=O)NCC2CC2)c1. The summed E-state index contributed by atoms with van der Waals surface area (Å²) in [6.45, 7) is 0.690. The lowest BCUT2D eigenvalue weighted by molar-refractivity contribution is 0.0949. The number of hydrogen-bond donors (Lipinski definition) is 2. The number of benzene rings is 1. The molecule has 0 heterocycles. The standard InChI is InChI=1S/C12H15NO3/c1-16-9-4-5-11(14)10(6-9)12(15)13-7-8-2-3-8/h4-6,8,14H,2-3,7H2,1H3,(H,13,15). The van der Waals surface area contributed by atoms with E-state index < -0.39 is 0 Å². The van der Waals surface area contributed by atoms with Gasteiger partial charge < -0.3 is 15.2 Å². The van der Waals surface area contributed by atoms with E-state index in [4.69, 9.17) is 4.74 Å². The molecule has 1 aliphatic carbocycles. The predicted octanol–water partition coefficient (Wildman–Crippen LogP) is 1.54. The quantitative estimate of drug-likeness (QED) is 0.810. The Hall–Kier alpha value is -1.71. The first-order valence-electron chi connectivity index (χ1n) is 5.36. The van der Waals surface area contributed by atoms with Crippen LogP contribution < -0.4 is 10.1 Å². The summed E-state index contributed by atoms with van der Waals surface area (Å²) >= 11 is 0. The number of nitrogens with one attached hydrogen (secondary N) is 1. The molecule has 86 valence electrons. The maximum absolute atomic E-state index is 11.7. The van der Waals surface area contributed by atoms with Gasteiger partial charge in [-0.2, -0.15) is 0 Å². The molecule has 0 atom stereocenters. The van der Waals surface area contributed by atoms with Crippen molar-refractivity contribution in [3.63, 3.8) is 0 Å². The second kappa shape index (κ2) is 4.43. The average molecular weight is 221 g/mol. The lowest BCUT2D eigenvalue weighted by Gasteiger charge is -2.07. The van der Waals surface area contributed by atoms with Gasteiger partial charge in [0.05, 0.1) is 12.7 Å². The molecule has 2 N–H and O–H groups in total. The zero-order valence-electron chi connectivity index (χ0n) is 9.19. The number of hydrogen-bond acceptors (Lipinski definition) is 3. The molecule has 0 aliphatic heterocycles. The molecule has 1 aromatic rings. The van der Waals surface area contributed by atoms with E-state index in [0.717, 1.165) is 0 Å². The molecule has 0 radical (unpaired) electrons. The third-order valence-corrected chi connectivity index (χ3v) is 2.70. The number of methoxy groups -OCH3 is 1. The van der Waals surface area contributed by atoms with Crippen molar-refractivity contribution in [2.45, 2.75) is 12.8 Å². The number of amides is 1. The molecule has 1 aromatic carbocycles. The third kappa shape index (κ3) is 2.45. The van der Waals surface area contributed by atoms with Crippen molar-refractivity contribution in [1.29, 1.82) is 0 Å². The van der Waals surface area contributed by atoms with Crippen molar-refractivity contribution in [1.82, 2.24) is 5.32 Å². The van der Waals surface area contributed by atoms with Gasteiger partial charge in [-0.25, -0.2) is 0 Å². The molecule has 1 aliphatic rings. The van der Waals surface area contributed by atoms with Crippen LogP contribution in [0.4, 0.5) is 0 Å². The van der Waals surface area contributed by atoms with Crippen molar-refractivity contribution < 1.29 is 14.6 Å². The Morgan fingerprint density at radius 2 is 2.31 bits per heavy atom. The number of ether oxygens (including phenoxy) is 1. The van der Waals surface area contributed by atoms with Gasteiger partial charge in [-0.05, 0) is 37.0 Å². The van der Waals surface area contributed by atoms with Gasteiger partial charge >= 0.3 is 0 Å². The first kappa shape index (κ1) is 10.8. The summed E-state index contributed by atoms with van der Waals surface area (Å²) in [5.41, 5.74) is 0.264. The van der Waals surface area contributed by atoms with Crippen molar-refractivity contribution >= 4 is 5.91 Å². The van der Waals surface area contributed by atoms with E-state index in [1.54, 1.807) is 6.07 Å². The minimum atomic E-state index is -0.247. The van der Waals surface area contributed by atoms with Crippen LogP contribution in [0.1, 0.15) is 23.2 Å². The smallest absolute Gasteiger partial charge is 0.255 e. The van der Waals surface area contributed by atoms with Gasteiger partial charge in [-0.1, -0.05) is 0 Å². The van der Waals surface area contributed by atoms with E-state index in [2.05, 4.69) is 5.32 Å². The molecular weight excluding hydrogens is 206 g/mol. The Bertz CT molecular complexity index is 399. The summed E-state index contributed by atoms with van der Waals surface area (Å²) in [6, 6.07) is 4.62. The van der Waals surface area contributed by atoms with Crippen molar-refractivity contribution in [3.8, 4) is 11.5 Å². The molecule has 0 unspecified atom stereocenters. The Morgan fingerprint density at radius 3 is 2.94 bits per heavy atom. The fourth-order valence-electron chi connectivity index (χ4n) is 1.48. The molecule has 0 bridgehead atoms. The minimum absolute atomic E-state index is 0.0194. The zero-order chi connectivity index (χ0) is 11.5. The van der Waals surface area contributed by atoms with Crippen molar-refractivity contribution in [2.75, 3.05) is 13.7 Å². The molecule has 16 heavy (non-hydrogen) atoms. The molecule has 1 fully saturated rings. The summed E-state index contributed by atoms with van der Waals surface area (Å²) in [4.78, 5) is 11.7. The van der Waals surface area contributed by atoms with E-state index in [-0.39, 0.29) is 17.2 Å². The lowest BCUT2D eigenvalue weighted by atomic mass is 10.1. The highest BCUT2D eigenvalue weighted by atomic mass is 16.5. The average Bonchev–Trinajstić information content (AvgIpc) is 3.10. The van der Waals surface area contributed by atoms with Crippen LogP contribution in [0, 0.1) is 5.92 Å². The van der Waals surface area contributed by atoms with Crippen LogP contribution >= 0.6 is 0 Å². The normalized spacial score (nSPS) is 14.6. The topological polar surface area (TPSA) is 58.6 Å². The van der Waals surface area contributed by atoms with E-state index >= 15 is 0 Å². The molecule has 2 rings (SSSR count). The van der Waals surface area contributed by atoms with Crippen LogP contribution in [-0.2, 0) is 0 Å². The van der Waals surface area contributed by atoms with E-state index in [9.17, 15) is 9.90 Å². The Kier molecular flexibility index (Phi) is 2.99. The summed E-state index contributed by atoms with van der Waals surface area (Å²) < 4.78 is 5.01. The van der Waals surface area contributed by atoms with Crippen LogP contribution in [0.25, 0.3) is 0 Å². The Morgan fingerprint density at radius 1 is 1.56 bits per heavy atom. The van der Waals surface area contributed by atoms with Gasteiger partial charge in [-0.3, -0.25) is 4.79 Å². The van der Waals surface area contributed by atoms with Gasteiger partial charge in [0.25, 0.3) is 5.91 Å². The molecular formula is C12H15NO3. The second-order valence-electron chi connectivity index (χ2n) is 4.04. The summed E-state index contributed by atoms with van der Waals surface area (Å²) in [5.74, 6) is 0.920. The largest absolute Gasteiger partial charge is 0.507 e. The van der Waals surface area contributed by atoms with E-state index in [0.29, 0.717) is 18.2 Å². The van der Waals surface area contributed by atoms with Crippen LogP contribution in [0.3, 0.4) is 0 Å². The van der Waals surface area contributed by atoms with Crippen LogP contribution in [0.5, 0.6) is 11.5 Å². The highest BCUT2D eigenvalue weighted by molar-refractivity contribution is 5.97. The van der Waals surface area contributed by atoms with Crippen LogP contribution in [0.15, 0.2) is 18.2 Å². The highest BCUT2D eigenvalue weighted by Crippen LogP contribution is 2.28. The van der Waals surface area contributed by atoms with Crippen molar-refractivity contribution in [2.24, 2.45) is 5.92 Å². The number of phenols is 1. The van der Waals surface area contributed by atoms with Crippen LogP contribution in [-0.4, -0.2) is 24.7 Å². The van der Waals surface area contributed by atoms with E-state index in [1.165, 1.54) is 32.1 Å². The predicted molar refractivity (Wildman–Crippen MR) is 59.7 cm³/mol. The zero-order valence-corrected chi connectivity index (χ0v) is 9.19. The van der Waals surface area contributed by atoms with Crippen LogP contribution in [0.2, 0.25) is 0 Å². The fraction of sp³-hybridized carbons (Fsp3) is 0.417. The number of aromatic hydroxyl groups is 1. The second-order valence-corrected chi connectivity index (χ2v) is 4.04. The third-order valence-electron chi connectivity index (χ3n) is 2.70. The summed E-state index contributed by atoms with van der Waals surface area (Å²) in [6.07, 6.45) is 2.37. The van der Waals surface area contributed by atoms with Gasteiger partial charge in [0, 0.05) is 6.54 Å². The highest BCUT2D eigenvalue weighted by Gasteiger charge is 2.22. The lowest BCUT2D eigenvalue weighted by Crippen LogP contribution is -2.25. The van der Waals surface area contributed by atoms with E-state index in [1.807, 2.05) is 0 Å². The number of carbonyl (C=O) groups excluding carboxylic acids is 1. The summed E-state index contributed by atoms with van der Waals surface area (Å²) in [5, 5.41) is 12.4. The van der Waals surface area contributed by atoms with Gasteiger partial charge in [0.15, 0.2) is 0 Å². The van der Waals surface area contributed by atoms with Gasteiger partial charge in [-0.15, -0.1) is 0 Å². The summed E-state index contributed by atoms with van der Waals surface area (Å²) in [7, 11) is 1.53. The number of carbonyl (C=O) groups is 1. The minimum Gasteiger partial charge on any atom is -0.507 e. The molecule has 0 aromatic heterocycles. The first-order chi connectivity index (χ1) is 7.70. The van der Waals surface area contributed by atoms with Gasteiger partial charge in [0.1, 0.15) is 11.5 Å². The molecule has 4 heteroatoms. The molecule has 1 saturated carbocycles.